The van der Waals surface area contributed by atoms with E-state index in [1.165, 1.54) is 44.1 Å². The lowest BCUT2D eigenvalue weighted by Gasteiger charge is -2.37. The van der Waals surface area contributed by atoms with Crippen LogP contribution in [0.15, 0.2) is 24.3 Å². The van der Waals surface area contributed by atoms with Crippen molar-refractivity contribution in [1.29, 1.82) is 0 Å². The fourth-order valence-corrected chi connectivity index (χ4v) is 4.57. The standard InChI is InChI=1S/C26H43N3O2/c1-5-7-8-9-13-21-14-16-22(17-15-21)24(30)28-23(12-6-2)25(31)27-20-26(29(3)4)18-10-11-19-26/h14-17,23H,5-13,18-20H2,1-4H3,(H,27,31)(H,28,30)/t23-/m0/s1. The van der Waals surface area contributed by atoms with E-state index in [0.717, 1.165) is 25.7 Å². The Morgan fingerprint density at radius 3 is 2.26 bits per heavy atom. The Bertz CT molecular complexity index is 678. The Hall–Kier alpha value is -1.88. The second-order valence-corrected chi connectivity index (χ2v) is 9.37. The molecule has 0 bridgehead atoms. The number of benzene rings is 1. The summed E-state index contributed by atoms with van der Waals surface area (Å²) in [6.45, 7) is 4.90. The minimum atomic E-state index is -0.494. The molecule has 0 saturated heterocycles. The molecule has 31 heavy (non-hydrogen) atoms. The fraction of sp³-hybridized carbons (Fsp3) is 0.692. The van der Waals surface area contributed by atoms with Crippen LogP contribution in [0, 0.1) is 0 Å². The van der Waals surface area contributed by atoms with E-state index in [9.17, 15) is 9.59 Å². The third-order valence-corrected chi connectivity index (χ3v) is 6.81. The molecule has 1 fully saturated rings. The number of amides is 2. The van der Waals surface area contributed by atoms with Crippen LogP contribution in [0.25, 0.3) is 0 Å². The molecule has 2 rings (SSSR count). The van der Waals surface area contributed by atoms with E-state index in [1.54, 1.807) is 0 Å². The Balaban J connectivity index is 1.90. The summed E-state index contributed by atoms with van der Waals surface area (Å²) in [5.74, 6) is -0.245. The Labute approximate surface area is 189 Å². The van der Waals surface area contributed by atoms with Crippen LogP contribution in [0.5, 0.6) is 0 Å². The molecule has 1 aromatic rings. The number of hydrogen-bond donors (Lipinski definition) is 2. The smallest absolute Gasteiger partial charge is 0.251 e. The van der Waals surface area contributed by atoms with Gasteiger partial charge in [-0.05, 0) is 63.9 Å². The fourth-order valence-electron chi connectivity index (χ4n) is 4.57. The number of nitrogens with one attached hydrogen (secondary N) is 2. The number of hydrogen-bond acceptors (Lipinski definition) is 3. The number of carbonyl (C=O) groups is 2. The zero-order valence-electron chi connectivity index (χ0n) is 20.1. The Kier molecular flexibility index (Phi) is 10.5. The van der Waals surface area contributed by atoms with E-state index >= 15 is 0 Å². The monoisotopic (exact) mass is 429 g/mol. The van der Waals surface area contributed by atoms with Gasteiger partial charge in [-0.15, -0.1) is 0 Å². The van der Waals surface area contributed by atoms with Crippen molar-refractivity contribution in [1.82, 2.24) is 15.5 Å². The topological polar surface area (TPSA) is 61.4 Å². The highest BCUT2D eigenvalue weighted by Gasteiger charge is 2.36. The molecule has 1 atom stereocenters. The summed E-state index contributed by atoms with van der Waals surface area (Å²) in [6.07, 6.45) is 12.1. The summed E-state index contributed by atoms with van der Waals surface area (Å²) >= 11 is 0. The SMILES string of the molecule is CCCCCCc1ccc(C(=O)N[C@@H](CCC)C(=O)NCC2(N(C)C)CCCC2)cc1. The molecule has 5 nitrogen and oxygen atoms in total. The highest BCUT2D eigenvalue weighted by Crippen LogP contribution is 2.33. The lowest BCUT2D eigenvalue weighted by Crippen LogP contribution is -2.54. The van der Waals surface area contributed by atoms with E-state index < -0.39 is 6.04 Å². The third kappa shape index (κ3) is 7.64. The number of carbonyl (C=O) groups excluding carboxylic acids is 2. The summed E-state index contributed by atoms with van der Waals surface area (Å²) in [5.41, 5.74) is 1.93. The van der Waals surface area contributed by atoms with Crippen LogP contribution >= 0.6 is 0 Å². The highest BCUT2D eigenvalue weighted by molar-refractivity contribution is 5.97. The van der Waals surface area contributed by atoms with Crippen LogP contribution in [0.4, 0.5) is 0 Å². The second-order valence-electron chi connectivity index (χ2n) is 9.37. The van der Waals surface area contributed by atoms with Crippen LogP contribution < -0.4 is 10.6 Å². The molecule has 0 aliphatic heterocycles. The van der Waals surface area contributed by atoms with Crippen LogP contribution in [-0.4, -0.2) is 48.9 Å². The molecule has 0 aromatic heterocycles. The van der Waals surface area contributed by atoms with Crippen LogP contribution in [0.1, 0.15) is 94.0 Å². The van der Waals surface area contributed by atoms with E-state index in [0.29, 0.717) is 18.5 Å². The molecular formula is C26H43N3O2. The second kappa shape index (κ2) is 12.8. The van der Waals surface area contributed by atoms with Crippen molar-refractivity contribution in [3.05, 3.63) is 35.4 Å². The molecule has 174 valence electrons. The maximum atomic E-state index is 12.9. The number of unbranched alkanes of at least 4 members (excludes halogenated alkanes) is 3. The molecule has 5 heteroatoms. The molecule has 0 spiro atoms. The van der Waals surface area contributed by atoms with Crippen molar-refractivity contribution in [2.75, 3.05) is 20.6 Å². The molecule has 0 heterocycles. The molecule has 0 unspecified atom stereocenters. The van der Waals surface area contributed by atoms with Gasteiger partial charge in [0.1, 0.15) is 6.04 Å². The third-order valence-electron chi connectivity index (χ3n) is 6.81. The van der Waals surface area contributed by atoms with Gasteiger partial charge in [-0.1, -0.05) is 64.5 Å². The maximum absolute atomic E-state index is 12.9. The molecule has 1 aromatic carbocycles. The molecule has 1 aliphatic carbocycles. The average molecular weight is 430 g/mol. The Morgan fingerprint density at radius 1 is 1.00 bits per heavy atom. The molecule has 2 amide bonds. The summed E-state index contributed by atoms with van der Waals surface area (Å²) in [5, 5.41) is 6.10. The number of aryl methyl sites for hydroxylation is 1. The summed E-state index contributed by atoms with van der Waals surface area (Å²) in [7, 11) is 4.19. The van der Waals surface area contributed by atoms with E-state index in [1.807, 2.05) is 31.2 Å². The van der Waals surface area contributed by atoms with Gasteiger partial charge in [-0.3, -0.25) is 9.59 Å². The van der Waals surface area contributed by atoms with Gasteiger partial charge in [0.25, 0.3) is 5.91 Å². The van der Waals surface area contributed by atoms with Crippen molar-refractivity contribution < 1.29 is 9.59 Å². The maximum Gasteiger partial charge on any atom is 0.251 e. The lowest BCUT2D eigenvalue weighted by atomic mass is 9.95. The van der Waals surface area contributed by atoms with Crippen molar-refractivity contribution >= 4 is 11.8 Å². The van der Waals surface area contributed by atoms with Gasteiger partial charge in [0, 0.05) is 17.6 Å². The van der Waals surface area contributed by atoms with Crippen LogP contribution in [-0.2, 0) is 11.2 Å². The van der Waals surface area contributed by atoms with Gasteiger partial charge in [0.2, 0.25) is 5.91 Å². The van der Waals surface area contributed by atoms with Crippen molar-refractivity contribution in [3.8, 4) is 0 Å². The zero-order valence-corrected chi connectivity index (χ0v) is 20.1. The van der Waals surface area contributed by atoms with Crippen LogP contribution in [0.2, 0.25) is 0 Å². The van der Waals surface area contributed by atoms with E-state index in [2.05, 4.69) is 36.6 Å². The van der Waals surface area contributed by atoms with Crippen molar-refractivity contribution in [2.45, 2.75) is 96.1 Å². The zero-order chi connectivity index (χ0) is 22.7. The normalized spacial score (nSPS) is 16.3. The van der Waals surface area contributed by atoms with Gasteiger partial charge < -0.3 is 15.5 Å². The quantitative estimate of drug-likeness (QED) is 0.447. The molecule has 1 aliphatic rings. The van der Waals surface area contributed by atoms with Crippen LogP contribution in [0.3, 0.4) is 0 Å². The molecular weight excluding hydrogens is 386 g/mol. The highest BCUT2D eigenvalue weighted by atomic mass is 16.2. The van der Waals surface area contributed by atoms with Gasteiger partial charge >= 0.3 is 0 Å². The minimum absolute atomic E-state index is 0.0450. The van der Waals surface area contributed by atoms with E-state index in [4.69, 9.17) is 0 Å². The molecule has 0 radical (unpaired) electrons. The number of rotatable bonds is 13. The first-order chi connectivity index (χ1) is 14.9. The first-order valence-electron chi connectivity index (χ1n) is 12.3. The summed E-state index contributed by atoms with van der Waals surface area (Å²) in [6, 6.07) is 7.34. The average Bonchev–Trinajstić information content (AvgIpc) is 3.25. The van der Waals surface area contributed by atoms with Gasteiger partial charge in [-0.25, -0.2) is 0 Å². The molecule has 2 N–H and O–H groups in total. The predicted molar refractivity (Wildman–Crippen MR) is 128 cm³/mol. The largest absolute Gasteiger partial charge is 0.352 e. The van der Waals surface area contributed by atoms with Crippen molar-refractivity contribution in [3.63, 3.8) is 0 Å². The Morgan fingerprint density at radius 2 is 1.68 bits per heavy atom. The van der Waals surface area contributed by atoms with Gasteiger partial charge in [0.15, 0.2) is 0 Å². The first-order valence-corrected chi connectivity index (χ1v) is 12.3. The van der Waals surface area contributed by atoms with Gasteiger partial charge in [-0.2, -0.15) is 0 Å². The lowest BCUT2D eigenvalue weighted by molar-refractivity contribution is -0.123. The molecule has 1 saturated carbocycles. The summed E-state index contributed by atoms with van der Waals surface area (Å²) < 4.78 is 0. The van der Waals surface area contributed by atoms with Gasteiger partial charge in [0.05, 0.1) is 0 Å². The number of likely N-dealkylation sites (N-methyl/N-ethyl adjacent to an activating group) is 1. The van der Waals surface area contributed by atoms with E-state index in [-0.39, 0.29) is 17.4 Å². The first kappa shape index (κ1) is 25.4. The predicted octanol–water partition coefficient (Wildman–Crippen LogP) is 4.70. The number of nitrogens with zero attached hydrogens (tertiary/aromatic N) is 1. The van der Waals surface area contributed by atoms with Crippen molar-refractivity contribution in [2.24, 2.45) is 0 Å². The summed E-state index contributed by atoms with van der Waals surface area (Å²) in [4.78, 5) is 27.9. The minimum Gasteiger partial charge on any atom is -0.352 e.